The average Bonchev–Trinajstić information content (AvgIpc) is 2.80. The molecule has 0 spiro atoms. The van der Waals surface area contributed by atoms with E-state index in [1.54, 1.807) is 0 Å². The van der Waals surface area contributed by atoms with E-state index in [1.165, 1.54) is 0 Å². The smallest absolute Gasteiger partial charge is 0.177 e. The fraction of sp³-hybridized carbons (Fsp3) is 0.538. The van der Waals surface area contributed by atoms with Crippen LogP contribution in [0.2, 0.25) is 0 Å². The maximum absolute atomic E-state index is 5.41. The third-order valence-electron chi connectivity index (χ3n) is 3.91. The zero-order valence-corrected chi connectivity index (χ0v) is 10.7. The molecular formula is C13H17N5O. The summed E-state index contributed by atoms with van der Waals surface area (Å²) >= 11 is 0. The highest BCUT2D eigenvalue weighted by molar-refractivity contribution is 5.68. The molecule has 2 aromatic heterocycles. The number of hydrogen-bond donors (Lipinski definition) is 1. The van der Waals surface area contributed by atoms with E-state index in [0.29, 0.717) is 5.92 Å². The molecule has 2 aliphatic heterocycles. The van der Waals surface area contributed by atoms with Crippen LogP contribution in [0.1, 0.15) is 11.6 Å². The predicted octanol–water partition coefficient (Wildman–Crippen LogP) is 0.253. The van der Waals surface area contributed by atoms with Crippen LogP contribution in [0.5, 0.6) is 0 Å². The molecule has 4 rings (SSSR count). The van der Waals surface area contributed by atoms with Crippen LogP contribution in [0.3, 0.4) is 0 Å². The topological polar surface area (TPSA) is 54.7 Å². The molecule has 0 aromatic carbocycles. The molecule has 2 fully saturated rings. The third-order valence-corrected chi connectivity index (χ3v) is 3.91. The summed E-state index contributed by atoms with van der Waals surface area (Å²) < 4.78 is 7.31. The van der Waals surface area contributed by atoms with Crippen molar-refractivity contribution in [3.8, 4) is 0 Å². The molecule has 0 aliphatic carbocycles. The predicted molar refractivity (Wildman–Crippen MR) is 71.6 cm³/mol. The van der Waals surface area contributed by atoms with Gasteiger partial charge in [-0.15, -0.1) is 0 Å². The highest BCUT2D eigenvalue weighted by Crippen LogP contribution is 2.25. The molecule has 0 saturated carbocycles. The summed E-state index contributed by atoms with van der Waals surface area (Å²) in [6.45, 7) is 5.47. The number of nitrogens with zero attached hydrogens (tertiary/aromatic N) is 4. The zero-order valence-electron chi connectivity index (χ0n) is 10.7. The Morgan fingerprint density at radius 1 is 1.26 bits per heavy atom. The molecule has 19 heavy (non-hydrogen) atoms. The summed E-state index contributed by atoms with van der Waals surface area (Å²) in [7, 11) is 0. The number of morpholine rings is 1. The number of imidazole rings is 1. The van der Waals surface area contributed by atoms with E-state index in [4.69, 9.17) is 9.72 Å². The third kappa shape index (κ3) is 1.87. The van der Waals surface area contributed by atoms with Gasteiger partial charge in [-0.2, -0.15) is 5.10 Å². The molecule has 2 aromatic rings. The van der Waals surface area contributed by atoms with Crippen LogP contribution in [0.25, 0.3) is 5.65 Å². The molecule has 0 amide bonds. The van der Waals surface area contributed by atoms with Gasteiger partial charge in [0.2, 0.25) is 0 Å². The van der Waals surface area contributed by atoms with E-state index in [0.717, 1.165) is 56.4 Å². The molecule has 6 nitrogen and oxygen atoms in total. The number of anilines is 1. The van der Waals surface area contributed by atoms with Gasteiger partial charge >= 0.3 is 0 Å². The number of nitrogens with one attached hydrogen (secondary N) is 1. The van der Waals surface area contributed by atoms with Gasteiger partial charge in [-0.1, -0.05) is 0 Å². The molecule has 0 bridgehead atoms. The standard InChI is InChI=1S/C13H17N5O/c1-2-15-18-9-11(10-7-14-8-10)16-13(18)12(1)17-3-5-19-6-4-17/h1-2,9-10,14H,3-8H2. The Bertz CT molecular complexity index is 586. The van der Waals surface area contributed by atoms with Crippen LogP contribution in [0.15, 0.2) is 18.5 Å². The van der Waals surface area contributed by atoms with Crippen LogP contribution >= 0.6 is 0 Å². The first kappa shape index (κ1) is 11.2. The first-order valence-corrected chi connectivity index (χ1v) is 6.79. The molecule has 6 heteroatoms. The average molecular weight is 259 g/mol. The molecule has 4 heterocycles. The second-order valence-corrected chi connectivity index (χ2v) is 5.10. The highest BCUT2D eigenvalue weighted by Gasteiger charge is 2.23. The summed E-state index contributed by atoms with van der Waals surface area (Å²) in [4.78, 5) is 7.12. The minimum atomic E-state index is 0.541. The highest BCUT2D eigenvalue weighted by atomic mass is 16.5. The Kier molecular flexibility index (Phi) is 2.63. The van der Waals surface area contributed by atoms with Crippen LogP contribution in [-0.2, 0) is 4.74 Å². The molecule has 0 atom stereocenters. The van der Waals surface area contributed by atoms with Crippen LogP contribution in [-0.4, -0.2) is 54.0 Å². The van der Waals surface area contributed by atoms with Crippen LogP contribution in [0.4, 0.5) is 5.69 Å². The first-order chi connectivity index (χ1) is 9.42. The number of ether oxygens (including phenoxy) is 1. The van der Waals surface area contributed by atoms with E-state index < -0.39 is 0 Å². The normalized spacial score (nSPS) is 20.7. The quantitative estimate of drug-likeness (QED) is 0.838. The first-order valence-electron chi connectivity index (χ1n) is 6.79. The second kappa shape index (κ2) is 4.47. The van der Waals surface area contributed by atoms with E-state index in [-0.39, 0.29) is 0 Å². The largest absolute Gasteiger partial charge is 0.378 e. The Morgan fingerprint density at radius 2 is 2.11 bits per heavy atom. The molecule has 1 N–H and O–H groups in total. The lowest BCUT2D eigenvalue weighted by Gasteiger charge is -2.28. The lowest BCUT2D eigenvalue weighted by atomic mass is 10.0. The zero-order chi connectivity index (χ0) is 12.7. The molecule has 100 valence electrons. The van der Waals surface area contributed by atoms with Crippen molar-refractivity contribution in [1.29, 1.82) is 0 Å². The van der Waals surface area contributed by atoms with Crippen molar-refractivity contribution in [2.45, 2.75) is 5.92 Å². The van der Waals surface area contributed by atoms with Crippen molar-refractivity contribution < 1.29 is 4.74 Å². The number of fused-ring (bicyclic) bond motifs is 1. The number of aromatic nitrogens is 3. The van der Waals surface area contributed by atoms with Gasteiger partial charge in [-0.05, 0) is 6.07 Å². The lowest BCUT2D eigenvalue weighted by molar-refractivity contribution is 0.123. The Morgan fingerprint density at radius 3 is 2.84 bits per heavy atom. The molecule has 0 radical (unpaired) electrons. The maximum Gasteiger partial charge on any atom is 0.177 e. The van der Waals surface area contributed by atoms with Gasteiger partial charge in [-0.3, -0.25) is 0 Å². The Hall–Kier alpha value is -1.66. The maximum atomic E-state index is 5.41. The molecular weight excluding hydrogens is 242 g/mol. The summed E-state index contributed by atoms with van der Waals surface area (Å²) in [6.07, 6.45) is 3.91. The van der Waals surface area contributed by atoms with Crippen molar-refractivity contribution in [3.05, 3.63) is 24.2 Å². The van der Waals surface area contributed by atoms with Crippen LogP contribution < -0.4 is 10.2 Å². The minimum absolute atomic E-state index is 0.541. The van der Waals surface area contributed by atoms with E-state index in [1.807, 2.05) is 10.7 Å². The van der Waals surface area contributed by atoms with Crippen molar-refractivity contribution in [2.75, 3.05) is 44.3 Å². The van der Waals surface area contributed by atoms with Gasteiger partial charge < -0.3 is 15.0 Å². The Balaban J connectivity index is 1.74. The fourth-order valence-corrected chi connectivity index (χ4v) is 2.65. The Labute approximate surface area is 111 Å². The molecule has 2 saturated heterocycles. The molecule has 2 aliphatic rings. The van der Waals surface area contributed by atoms with Crippen molar-refractivity contribution in [3.63, 3.8) is 0 Å². The SMILES string of the molecule is c1cc(N2CCOCC2)c2nc(C3CNC3)cn2n1. The monoisotopic (exact) mass is 259 g/mol. The van der Waals surface area contributed by atoms with E-state index >= 15 is 0 Å². The summed E-state index contributed by atoms with van der Waals surface area (Å²) in [5.74, 6) is 0.541. The van der Waals surface area contributed by atoms with Gasteiger partial charge in [0.25, 0.3) is 0 Å². The number of rotatable bonds is 2. The van der Waals surface area contributed by atoms with E-state index in [2.05, 4.69) is 27.6 Å². The van der Waals surface area contributed by atoms with Gasteiger partial charge in [0.05, 0.1) is 37.0 Å². The van der Waals surface area contributed by atoms with Crippen molar-refractivity contribution >= 4 is 11.3 Å². The van der Waals surface area contributed by atoms with Gasteiger partial charge in [0.15, 0.2) is 5.65 Å². The van der Waals surface area contributed by atoms with Crippen molar-refractivity contribution in [2.24, 2.45) is 0 Å². The van der Waals surface area contributed by atoms with E-state index in [9.17, 15) is 0 Å². The number of hydrogen-bond acceptors (Lipinski definition) is 5. The van der Waals surface area contributed by atoms with Crippen LogP contribution in [0, 0.1) is 0 Å². The minimum Gasteiger partial charge on any atom is -0.378 e. The fourth-order valence-electron chi connectivity index (χ4n) is 2.65. The second-order valence-electron chi connectivity index (χ2n) is 5.10. The van der Waals surface area contributed by atoms with Gasteiger partial charge in [-0.25, -0.2) is 9.50 Å². The van der Waals surface area contributed by atoms with Gasteiger partial charge in [0.1, 0.15) is 0 Å². The summed E-state index contributed by atoms with van der Waals surface area (Å²) in [6, 6.07) is 2.05. The van der Waals surface area contributed by atoms with Crippen molar-refractivity contribution in [1.82, 2.24) is 19.9 Å². The lowest BCUT2D eigenvalue weighted by Crippen LogP contribution is -2.40. The summed E-state index contributed by atoms with van der Waals surface area (Å²) in [5.41, 5.74) is 3.27. The van der Waals surface area contributed by atoms with Gasteiger partial charge in [0, 0.05) is 32.1 Å². The molecule has 0 unspecified atom stereocenters. The summed E-state index contributed by atoms with van der Waals surface area (Å²) in [5, 5.41) is 7.66.